The van der Waals surface area contributed by atoms with Crippen molar-refractivity contribution in [1.29, 1.82) is 0 Å². The largest absolute Gasteiger partial charge is 0.445 e. The van der Waals surface area contributed by atoms with Gasteiger partial charge in [-0.05, 0) is 18.4 Å². The molecule has 10 heteroatoms. The molecule has 9 nitrogen and oxygen atoms in total. The SMILES string of the molecule is CC(C)[C@H](NC(=O)c1cc(Cl)nc(-c2ccccc2)n1)C(=O)N1CCN(C(=O)OCc2ccccc2)[C@H](C)C1. The lowest BCUT2D eigenvalue weighted by Crippen LogP contribution is -2.60. The Morgan fingerprint density at radius 2 is 1.69 bits per heavy atom. The number of nitrogens with one attached hydrogen (secondary N) is 1. The Kier molecular flexibility index (Phi) is 9.14. The fraction of sp³-hybridized carbons (Fsp3) is 0.345. The second kappa shape index (κ2) is 12.7. The maximum atomic E-state index is 13.5. The summed E-state index contributed by atoms with van der Waals surface area (Å²) in [6.07, 6.45) is -0.415. The molecular weight excluding hydrogens is 518 g/mol. The molecule has 0 unspecified atom stereocenters. The number of nitrogens with zero attached hydrogens (tertiary/aromatic N) is 4. The van der Waals surface area contributed by atoms with E-state index in [1.807, 2.05) is 81.4 Å². The van der Waals surface area contributed by atoms with E-state index in [1.54, 1.807) is 9.80 Å². The second-order valence-electron chi connectivity index (χ2n) is 9.83. The monoisotopic (exact) mass is 549 g/mol. The van der Waals surface area contributed by atoms with E-state index in [9.17, 15) is 14.4 Å². The average Bonchev–Trinajstić information content (AvgIpc) is 2.94. The van der Waals surface area contributed by atoms with Crippen LogP contribution in [0.15, 0.2) is 66.7 Å². The van der Waals surface area contributed by atoms with Gasteiger partial charge in [0.15, 0.2) is 5.82 Å². The van der Waals surface area contributed by atoms with Crippen LogP contribution in [0.1, 0.15) is 36.8 Å². The van der Waals surface area contributed by atoms with Gasteiger partial charge < -0.3 is 19.9 Å². The van der Waals surface area contributed by atoms with Crippen molar-refractivity contribution in [3.63, 3.8) is 0 Å². The number of aromatic nitrogens is 2. The summed E-state index contributed by atoms with van der Waals surface area (Å²) in [5.74, 6) is -0.591. The highest BCUT2D eigenvalue weighted by atomic mass is 35.5. The Balaban J connectivity index is 1.39. The summed E-state index contributed by atoms with van der Waals surface area (Å²) in [7, 11) is 0. The topological polar surface area (TPSA) is 105 Å². The molecule has 3 amide bonds. The highest BCUT2D eigenvalue weighted by molar-refractivity contribution is 6.29. The van der Waals surface area contributed by atoms with E-state index in [1.165, 1.54) is 6.07 Å². The van der Waals surface area contributed by atoms with Crippen LogP contribution in [-0.4, -0.2) is 69.4 Å². The number of carbonyl (C=O) groups excluding carboxylic acids is 3. The van der Waals surface area contributed by atoms with Crippen molar-refractivity contribution in [1.82, 2.24) is 25.1 Å². The van der Waals surface area contributed by atoms with Gasteiger partial charge in [0.2, 0.25) is 5.91 Å². The van der Waals surface area contributed by atoms with Gasteiger partial charge in [0.1, 0.15) is 23.5 Å². The van der Waals surface area contributed by atoms with E-state index in [0.717, 1.165) is 11.1 Å². The summed E-state index contributed by atoms with van der Waals surface area (Å²) in [5, 5.41) is 2.97. The fourth-order valence-electron chi connectivity index (χ4n) is 4.41. The minimum atomic E-state index is -0.782. The molecule has 204 valence electrons. The molecule has 0 spiro atoms. The molecule has 0 radical (unpaired) electrons. The zero-order chi connectivity index (χ0) is 27.9. The predicted molar refractivity (Wildman–Crippen MR) is 148 cm³/mol. The Hall–Kier alpha value is -3.98. The van der Waals surface area contributed by atoms with Crippen LogP contribution in [0.4, 0.5) is 4.79 Å². The van der Waals surface area contributed by atoms with E-state index in [2.05, 4.69) is 15.3 Å². The van der Waals surface area contributed by atoms with Crippen molar-refractivity contribution in [3.05, 3.63) is 83.1 Å². The molecule has 2 heterocycles. The van der Waals surface area contributed by atoms with Crippen LogP contribution < -0.4 is 5.32 Å². The first-order valence-electron chi connectivity index (χ1n) is 12.9. The van der Waals surface area contributed by atoms with Crippen molar-refractivity contribution >= 4 is 29.5 Å². The molecule has 1 saturated heterocycles. The van der Waals surface area contributed by atoms with Gasteiger partial charge in [0.25, 0.3) is 5.91 Å². The van der Waals surface area contributed by atoms with Crippen molar-refractivity contribution in [3.8, 4) is 11.4 Å². The zero-order valence-corrected chi connectivity index (χ0v) is 23.0. The maximum Gasteiger partial charge on any atom is 0.410 e. The number of ether oxygens (including phenoxy) is 1. The molecule has 2 atom stereocenters. The highest BCUT2D eigenvalue weighted by Gasteiger charge is 2.35. The molecule has 1 aliphatic heterocycles. The lowest BCUT2D eigenvalue weighted by Gasteiger charge is -2.40. The summed E-state index contributed by atoms with van der Waals surface area (Å²) in [6, 6.07) is 19.0. The number of benzene rings is 2. The highest BCUT2D eigenvalue weighted by Crippen LogP contribution is 2.19. The third kappa shape index (κ3) is 7.11. The first-order valence-corrected chi connectivity index (χ1v) is 13.3. The fourth-order valence-corrected chi connectivity index (χ4v) is 4.59. The van der Waals surface area contributed by atoms with Gasteiger partial charge in [-0.3, -0.25) is 9.59 Å². The average molecular weight is 550 g/mol. The number of piperazine rings is 1. The van der Waals surface area contributed by atoms with E-state index in [4.69, 9.17) is 16.3 Å². The lowest BCUT2D eigenvalue weighted by atomic mass is 10.0. The van der Waals surface area contributed by atoms with Crippen LogP contribution in [0, 0.1) is 5.92 Å². The summed E-state index contributed by atoms with van der Waals surface area (Å²) < 4.78 is 5.48. The van der Waals surface area contributed by atoms with Crippen LogP contribution in [0.2, 0.25) is 5.15 Å². The van der Waals surface area contributed by atoms with Crippen molar-refractivity contribution in [2.45, 2.75) is 39.5 Å². The minimum absolute atomic E-state index is 0.0756. The van der Waals surface area contributed by atoms with Gasteiger partial charge in [-0.2, -0.15) is 0 Å². The molecule has 1 fully saturated rings. The number of halogens is 1. The second-order valence-corrected chi connectivity index (χ2v) is 10.2. The number of amides is 3. The number of rotatable bonds is 7. The lowest BCUT2D eigenvalue weighted by molar-refractivity contribution is -0.137. The van der Waals surface area contributed by atoms with Crippen molar-refractivity contribution < 1.29 is 19.1 Å². The Morgan fingerprint density at radius 1 is 1.03 bits per heavy atom. The molecule has 0 aliphatic carbocycles. The zero-order valence-electron chi connectivity index (χ0n) is 22.2. The smallest absolute Gasteiger partial charge is 0.410 e. The summed E-state index contributed by atoms with van der Waals surface area (Å²) in [5.41, 5.74) is 1.70. The van der Waals surface area contributed by atoms with E-state index < -0.39 is 18.0 Å². The molecule has 2 aromatic carbocycles. The van der Waals surface area contributed by atoms with Crippen molar-refractivity contribution in [2.75, 3.05) is 19.6 Å². The van der Waals surface area contributed by atoms with Crippen LogP contribution in [0.3, 0.4) is 0 Å². The minimum Gasteiger partial charge on any atom is -0.445 e. The normalized spacial score (nSPS) is 16.1. The molecule has 1 N–H and O–H groups in total. The molecule has 0 bridgehead atoms. The predicted octanol–water partition coefficient (Wildman–Crippen LogP) is 4.42. The Labute approximate surface area is 233 Å². The van der Waals surface area contributed by atoms with Crippen LogP contribution in [0.5, 0.6) is 0 Å². The molecular formula is C29H32ClN5O4. The molecule has 4 rings (SSSR count). The quantitative estimate of drug-likeness (QED) is 0.437. The Bertz CT molecular complexity index is 1310. The summed E-state index contributed by atoms with van der Waals surface area (Å²) in [6.45, 7) is 6.79. The first kappa shape index (κ1) is 28.0. The van der Waals surface area contributed by atoms with Crippen LogP contribution in [-0.2, 0) is 16.1 Å². The standard InChI is InChI=1S/C29H32ClN5O4/c1-19(2)25(33-27(36)23-16-24(30)32-26(31-23)22-12-8-5-9-13-22)28(37)34-14-15-35(20(3)17-34)29(38)39-18-21-10-6-4-7-11-21/h4-13,16,19-20,25H,14-15,17-18H2,1-3H3,(H,33,36)/t20-,25+/m1/s1. The molecule has 1 aromatic heterocycles. The van der Waals surface area contributed by atoms with Gasteiger partial charge in [-0.25, -0.2) is 14.8 Å². The number of hydrogen-bond donors (Lipinski definition) is 1. The van der Waals surface area contributed by atoms with E-state index in [-0.39, 0.29) is 35.3 Å². The number of carbonyl (C=O) groups is 3. The molecule has 1 aliphatic rings. The first-order chi connectivity index (χ1) is 18.7. The van der Waals surface area contributed by atoms with Gasteiger partial charge in [-0.15, -0.1) is 0 Å². The van der Waals surface area contributed by atoms with Gasteiger partial charge >= 0.3 is 6.09 Å². The van der Waals surface area contributed by atoms with E-state index >= 15 is 0 Å². The summed E-state index contributed by atoms with van der Waals surface area (Å²) in [4.78, 5) is 51.3. The summed E-state index contributed by atoms with van der Waals surface area (Å²) >= 11 is 6.19. The molecule has 39 heavy (non-hydrogen) atoms. The van der Waals surface area contributed by atoms with Gasteiger partial charge in [-0.1, -0.05) is 86.1 Å². The van der Waals surface area contributed by atoms with Gasteiger partial charge in [0.05, 0.1) is 0 Å². The third-order valence-corrected chi connectivity index (χ3v) is 6.75. The van der Waals surface area contributed by atoms with Crippen molar-refractivity contribution in [2.24, 2.45) is 5.92 Å². The van der Waals surface area contributed by atoms with Crippen LogP contribution >= 0.6 is 11.6 Å². The van der Waals surface area contributed by atoms with Crippen LogP contribution in [0.25, 0.3) is 11.4 Å². The third-order valence-electron chi connectivity index (χ3n) is 6.56. The Morgan fingerprint density at radius 3 is 2.33 bits per heavy atom. The molecule has 0 saturated carbocycles. The van der Waals surface area contributed by atoms with Gasteiger partial charge in [0, 0.05) is 37.3 Å². The number of hydrogen-bond acceptors (Lipinski definition) is 6. The maximum absolute atomic E-state index is 13.5. The van der Waals surface area contributed by atoms with E-state index in [0.29, 0.717) is 25.5 Å². The molecule has 3 aromatic rings.